The first-order valence-electron chi connectivity index (χ1n) is 4.14. The zero-order valence-electron chi connectivity index (χ0n) is 7.56. The molecule has 0 aromatic heterocycles. The zero-order valence-corrected chi connectivity index (χ0v) is 7.56. The maximum Gasteiger partial charge on any atom is 0.0574 e. The van der Waals surface area contributed by atoms with Gasteiger partial charge in [-0.2, -0.15) is 0 Å². The molecule has 0 saturated heterocycles. The molecule has 0 fully saturated rings. The topological polar surface area (TPSA) is 15.3 Å². The molecule has 0 aliphatic heterocycles. The number of terminal acetylenes is 1. The monoisotopic (exact) mass is 154 g/mol. The van der Waals surface area contributed by atoms with E-state index in [0.29, 0.717) is 6.54 Å². The van der Waals surface area contributed by atoms with Crippen molar-refractivity contribution in [3.05, 3.63) is 0 Å². The van der Waals surface area contributed by atoms with Crippen LogP contribution >= 0.6 is 0 Å². The van der Waals surface area contributed by atoms with E-state index in [1.54, 1.807) is 0 Å². The average molecular weight is 154 g/mol. The zero-order chi connectivity index (χ0) is 8.53. The third kappa shape index (κ3) is 7.38. The Kier molecular flexibility index (Phi) is 7.23. The minimum Gasteiger partial charge on any atom is -0.305 e. The minimum absolute atomic E-state index is 0.681. The lowest BCUT2D eigenvalue weighted by molar-refractivity contribution is 0.334. The second kappa shape index (κ2) is 7.59. The lowest BCUT2D eigenvalue weighted by Gasteiger charge is -2.14. The predicted octanol–water partition coefficient (Wildman–Crippen LogP) is 0.551. The average Bonchev–Trinajstić information content (AvgIpc) is 1.99. The van der Waals surface area contributed by atoms with Crippen molar-refractivity contribution in [2.24, 2.45) is 0 Å². The van der Waals surface area contributed by atoms with Crippen LogP contribution in [0.5, 0.6) is 0 Å². The molecular formula is C9H18N2. The minimum atomic E-state index is 0.681. The van der Waals surface area contributed by atoms with E-state index in [-0.39, 0.29) is 0 Å². The van der Waals surface area contributed by atoms with Gasteiger partial charge in [0.25, 0.3) is 0 Å². The molecule has 0 heterocycles. The fourth-order valence-corrected chi connectivity index (χ4v) is 0.924. The molecule has 0 atom stereocenters. The number of rotatable bonds is 6. The number of nitrogens with one attached hydrogen (secondary N) is 1. The summed E-state index contributed by atoms with van der Waals surface area (Å²) in [6.07, 6.45) is 6.29. The summed E-state index contributed by atoms with van der Waals surface area (Å²) in [6.45, 7) is 6.10. The van der Waals surface area contributed by atoms with Crippen LogP contribution in [0.15, 0.2) is 0 Å². The van der Waals surface area contributed by atoms with Crippen molar-refractivity contribution < 1.29 is 0 Å². The molecule has 0 aromatic carbocycles. The van der Waals surface area contributed by atoms with Crippen molar-refractivity contribution in [2.45, 2.75) is 13.3 Å². The summed E-state index contributed by atoms with van der Waals surface area (Å²) in [4.78, 5) is 2.30. The lowest BCUT2D eigenvalue weighted by Crippen LogP contribution is -2.29. The largest absolute Gasteiger partial charge is 0.305 e. The molecule has 0 unspecified atom stereocenters. The van der Waals surface area contributed by atoms with Crippen LogP contribution in [0.2, 0.25) is 0 Å². The van der Waals surface area contributed by atoms with Crippen molar-refractivity contribution in [1.82, 2.24) is 10.2 Å². The maximum atomic E-state index is 5.08. The first-order chi connectivity index (χ1) is 5.31. The number of likely N-dealkylation sites (N-methyl/N-ethyl adjacent to an activating group) is 1. The van der Waals surface area contributed by atoms with Gasteiger partial charge in [0.2, 0.25) is 0 Å². The SMILES string of the molecule is C#CCNCCN(C)CCC. The molecule has 0 bridgehead atoms. The molecule has 2 heteroatoms. The molecule has 2 nitrogen and oxygen atoms in total. The van der Waals surface area contributed by atoms with Gasteiger partial charge < -0.3 is 10.2 Å². The van der Waals surface area contributed by atoms with Gasteiger partial charge in [-0.05, 0) is 20.0 Å². The second-order valence-corrected chi connectivity index (χ2v) is 2.68. The summed E-state index contributed by atoms with van der Waals surface area (Å²) >= 11 is 0. The molecule has 0 aliphatic carbocycles. The number of hydrogen-bond donors (Lipinski definition) is 1. The Labute approximate surface area is 70.0 Å². The van der Waals surface area contributed by atoms with Crippen LogP contribution in [0.1, 0.15) is 13.3 Å². The van der Waals surface area contributed by atoms with E-state index in [4.69, 9.17) is 6.42 Å². The standard InChI is InChI=1S/C9H18N2/c1-4-6-10-7-9-11(3)8-5-2/h1,10H,5-9H2,2-3H3. The Morgan fingerprint density at radius 3 is 2.73 bits per heavy atom. The van der Waals surface area contributed by atoms with E-state index < -0.39 is 0 Å². The van der Waals surface area contributed by atoms with Crippen molar-refractivity contribution in [2.75, 3.05) is 33.2 Å². The van der Waals surface area contributed by atoms with E-state index in [0.717, 1.165) is 19.6 Å². The Morgan fingerprint density at radius 1 is 1.45 bits per heavy atom. The van der Waals surface area contributed by atoms with Gasteiger partial charge >= 0.3 is 0 Å². The van der Waals surface area contributed by atoms with Gasteiger partial charge in [0.1, 0.15) is 0 Å². The fourth-order valence-electron chi connectivity index (χ4n) is 0.924. The fraction of sp³-hybridized carbons (Fsp3) is 0.778. The molecule has 0 aromatic rings. The van der Waals surface area contributed by atoms with Gasteiger partial charge in [0.05, 0.1) is 6.54 Å². The molecule has 1 N–H and O–H groups in total. The van der Waals surface area contributed by atoms with Gasteiger partial charge in [-0.25, -0.2) is 0 Å². The summed E-state index contributed by atoms with van der Waals surface area (Å²) in [6, 6.07) is 0. The van der Waals surface area contributed by atoms with Gasteiger partial charge in [-0.1, -0.05) is 12.8 Å². The molecule has 0 rings (SSSR count). The van der Waals surface area contributed by atoms with E-state index in [1.165, 1.54) is 6.42 Å². The van der Waals surface area contributed by atoms with Crippen LogP contribution in [0.25, 0.3) is 0 Å². The molecule has 0 amide bonds. The third-order valence-electron chi connectivity index (χ3n) is 1.50. The Balaban J connectivity index is 3.05. The molecule has 0 saturated carbocycles. The van der Waals surface area contributed by atoms with E-state index in [1.807, 2.05) is 0 Å². The summed E-state index contributed by atoms with van der Waals surface area (Å²) in [7, 11) is 2.13. The van der Waals surface area contributed by atoms with Crippen LogP contribution in [0, 0.1) is 12.3 Å². The quantitative estimate of drug-likeness (QED) is 0.444. The Bertz CT molecular complexity index is 115. The van der Waals surface area contributed by atoms with Gasteiger partial charge in [0, 0.05) is 13.1 Å². The van der Waals surface area contributed by atoms with Crippen LogP contribution in [-0.2, 0) is 0 Å². The number of hydrogen-bond acceptors (Lipinski definition) is 2. The molecule has 0 spiro atoms. The van der Waals surface area contributed by atoms with E-state index in [9.17, 15) is 0 Å². The summed E-state index contributed by atoms with van der Waals surface area (Å²) in [5, 5.41) is 3.15. The van der Waals surface area contributed by atoms with Crippen LogP contribution in [-0.4, -0.2) is 38.1 Å². The molecule has 0 radical (unpaired) electrons. The summed E-state index contributed by atoms with van der Waals surface area (Å²) in [5.41, 5.74) is 0. The smallest absolute Gasteiger partial charge is 0.0574 e. The van der Waals surface area contributed by atoms with E-state index >= 15 is 0 Å². The number of nitrogens with zero attached hydrogens (tertiary/aromatic N) is 1. The highest BCUT2D eigenvalue weighted by Gasteiger charge is 1.93. The summed E-state index contributed by atoms with van der Waals surface area (Å²) in [5.74, 6) is 2.54. The first-order valence-corrected chi connectivity index (χ1v) is 4.14. The molecular weight excluding hydrogens is 136 g/mol. The van der Waals surface area contributed by atoms with Gasteiger partial charge in [-0.15, -0.1) is 6.42 Å². The van der Waals surface area contributed by atoms with Crippen molar-refractivity contribution in [1.29, 1.82) is 0 Å². The van der Waals surface area contributed by atoms with E-state index in [2.05, 4.69) is 30.1 Å². The lowest BCUT2D eigenvalue weighted by atomic mass is 10.4. The Hall–Kier alpha value is -0.520. The van der Waals surface area contributed by atoms with Crippen molar-refractivity contribution in [3.8, 4) is 12.3 Å². The summed E-state index contributed by atoms with van der Waals surface area (Å²) < 4.78 is 0. The van der Waals surface area contributed by atoms with Crippen molar-refractivity contribution in [3.63, 3.8) is 0 Å². The van der Waals surface area contributed by atoms with Gasteiger partial charge in [-0.3, -0.25) is 0 Å². The van der Waals surface area contributed by atoms with Crippen molar-refractivity contribution >= 4 is 0 Å². The molecule has 11 heavy (non-hydrogen) atoms. The molecule has 0 aliphatic rings. The van der Waals surface area contributed by atoms with Gasteiger partial charge in [0.15, 0.2) is 0 Å². The highest BCUT2D eigenvalue weighted by molar-refractivity contribution is 4.86. The second-order valence-electron chi connectivity index (χ2n) is 2.68. The highest BCUT2D eigenvalue weighted by Crippen LogP contribution is 1.83. The Morgan fingerprint density at radius 2 is 2.18 bits per heavy atom. The van der Waals surface area contributed by atoms with Crippen LogP contribution in [0.3, 0.4) is 0 Å². The van der Waals surface area contributed by atoms with Crippen LogP contribution in [0.4, 0.5) is 0 Å². The predicted molar refractivity (Wildman–Crippen MR) is 49.5 cm³/mol. The highest BCUT2D eigenvalue weighted by atomic mass is 15.1. The maximum absolute atomic E-state index is 5.08. The molecule has 64 valence electrons. The van der Waals surface area contributed by atoms with Crippen LogP contribution < -0.4 is 5.32 Å². The normalized spacial score (nSPS) is 10.0. The first kappa shape index (κ1) is 10.5. The third-order valence-corrected chi connectivity index (χ3v) is 1.50.